The molecule has 1 amide bonds. The number of nitrogens with zero attached hydrogens (tertiary/aromatic N) is 3. The van der Waals surface area contributed by atoms with Gasteiger partial charge >= 0.3 is 0 Å². The Bertz CT molecular complexity index is 683. The monoisotopic (exact) mass is 542 g/mol. The van der Waals surface area contributed by atoms with Gasteiger partial charge in [-0.05, 0) is 69.1 Å². The fourth-order valence-corrected chi connectivity index (χ4v) is 4.19. The molecule has 1 aromatic rings. The van der Waals surface area contributed by atoms with E-state index in [1.807, 2.05) is 29.2 Å². The van der Waals surface area contributed by atoms with Crippen molar-refractivity contribution in [3.63, 3.8) is 0 Å². The lowest BCUT2D eigenvalue weighted by Gasteiger charge is -2.27. The van der Waals surface area contributed by atoms with Crippen molar-refractivity contribution < 1.29 is 9.53 Å². The largest absolute Gasteiger partial charge is 0.381 e. The second kappa shape index (κ2) is 13.9. The summed E-state index contributed by atoms with van der Waals surface area (Å²) in [7, 11) is 2.11. The van der Waals surface area contributed by atoms with Crippen LogP contribution in [0.25, 0.3) is 0 Å². The molecule has 174 valence electrons. The first-order valence-electron chi connectivity index (χ1n) is 11.6. The van der Waals surface area contributed by atoms with Gasteiger partial charge in [-0.15, -0.1) is 24.0 Å². The number of nitrogens with one attached hydrogen (secondary N) is 1. The highest BCUT2D eigenvalue weighted by molar-refractivity contribution is 14.0. The van der Waals surface area contributed by atoms with Gasteiger partial charge in [-0.25, -0.2) is 4.99 Å². The van der Waals surface area contributed by atoms with Crippen LogP contribution in [0.3, 0.4) is 0 Å². The molecule has 2 aliphatic rings. The van der Waals surface area contributed by atoms with Gasteiger partial charge in [0.2, 0.25) is 0 Å². The Hall–Kier alpha value is -1.35. The van der Waals surface area contributed by atoms with Crippen molar-refractivity contribution in [2.45, 2.75) is 52.0 Å². The summed E-state index contributed by atoms with van der Waals surface area (Å²) < 4.78 is 5.46. The van der Waals surface area contributed by atoms with E-state index in [4.69, 9.17) is 9.73 Å². The average molecular weight is 543 g/mol. The molecule has 2 aliphatic heterocycles. The molecule has 0 spiro atoms. The summed E-state index contributed by atoms with van der Waals surface area (Å²) >= 11 is 0. The van der Waals surface area contributed by atoms with Crippen LogP contribution < -0.4 is 5.32 Å². The molecule has 0 saturated carbocycles. The summed E-state index contributed by atoms with van der Waals surface area (Å²) in [4.78, 5) is 21.7. The van der Waals surface area contributed by atoms with E-state index in [9.17, 15) is 4.79 Å². The lowest BCUT2D eigenvalue weighted by Crippen LogP contribution is -2.40. The van der Waals surface area contributed by atoms with E-state index >= 15 is 0 Å². The van der Waals surface area contributed by atoms with Gasteiger partial charge in [0.1, 0.15) is 0 Å². The molecule has 0 aromatic heterocycles. The smallest absolute Gasteiger partial charge is 0.253 e. The van der Waals surface area contributed by atoms with Crippen LogP contribution in [0.5, 0.6) is 0 Å². The van der Waals surface area contributed by atoms with E-state index in [1.165, 1.54) is 25.7 Å². The minimum Gasteiger partial charge on any atom is -0.381 e. The summed E-state index contributed by atoms with van der Waals surface area (Å²) in [5, 5.41) is 3.40. The summed E-state index contributed by atoms with van der Waals surface area (Å²) in [6.45, 7) is 8.14. The van der Waals surface area contributed by atoms with Gasteiger partial charge < -0.3 is 19.9 Å². The summed E-state index contributed by atoms with van der Waals surface area (Å²) in [5.41, 5.74) is 1.91. The number of guanidine groups is 1. The van der Waals surface area contributed by atoms with Gasteiger partial charge in [0.25, 0.3) is 5.91 Å². The van der Waals surface area contributed by atoms with Crippen LogP contribution in [0.1, 0.15) is 61.4 Å². The number of halogens is 1. The van der Waals surface area contributed by atoms with Crippen LogP contribution >= 0.6 is 24.0 Å². The van der Waals surface area contributed by atoms with E-state index in [-0.39, 0.29) is 29.9 Å². The molecular weight excluding hydrogens is 503 g/mol. The first kappa shape index (κ1) is 25.9. The molecule has 2 fully saturated rings. The van der Waals surface area contributed by atoms with E-state index in [0.29, 0.717) is 6.54 Å². The highest BCUT2D eigenvalue weighted by Crippen LogP contribution is 2.18. The minimum absolute atomic E-state index is 0. The minimum atomic E-state index is 0. The maximum atomic E-state index is 12.6. The molecule has 1 N–H and O–H groups in total. The van der Waals surface area contributed by atoms with Crippen LogP contribution in [0.15, 0.2) is 29.3 Å². The summed E-state index contributed by atoms with van der Waals surface area (Å²) in [6.07, 6.45) is 6.99. The van der Waals surface area contributed by atoms with Crippen LogP contribution in [0.2, 0.25) is 0 Å². The molecule has 6 nitrogen and oxygen atoms in total. The predicted molar refractivity (Wildman–Crippen MR) is 137 cm³/mol. The Morgan fingerprint density at radius 3 is 2.48 bits per heavy atom. The number of carbonyl (C=O) groups excluding carboxylic acids is 1. The van der Waals surface area contributed by atoms with Crippen molar-refractivity contribution >= 4 is 35.8 Å². The van der Waals surface area contributed by atoms with Gasteiger partial charge in [-0.2, -0.15) is 0 Å². The number of hydrogen-bond donors (Lipinski definition) is 1. The zero-order valence-corrected chi connectivity index (χ0v) is 21.5. The lowest BCUT2D eigenvalue weighted by molar-refractivity contribution is 0.0625. The van der Waals surface area contributed by atoms with Gasteiger partial charge in [-0.1, -0.05) is 12.1 Å². The standard InChI is InChI=1S/C24H38N4O2.HI/c1-3-25-24(27(2)16-11-20-12-17-30-18-13-20)26-19-21-7-9-22(10-8-21)23(29)28-14-5-4-6-15-28;/h7-10,20H,3-6,11-19H2,1-2H3,(H,25,26);1H. The zero-order chi connectivity index (χ0) is 21.2. The molecule has 1 aromatic carbocycles. The molecule has 0 atom stereocenters. The number of amides is 1. The molecule has 0 bridgehead atoms. The Labute approximate surface area is 204 Å². The first-order valence-corrected chi connectivity index (χ1v) is 11.6. The molecule has 7 heteroatoms. The molecule has 0 radical (unpaired) electrons. The number of hydrogen-bond acceptors (Lipinski definition) is 3. The van der Waals surface area contributed by atoms with E-state index in [0.717, 1.165) is 75.2 Å². The van der Waals surface area contributed by atoms with Gasteiger partial charge in [0, 0.05) is 52.0 Å². The Morgan fingerprint density at radius 2 is 1.84 bits per heavy atom. The highest BCUT2D eigenvalue weighted by atomic mass is 127. The Balaban J connectivity index is 0.00000341. The fraction of sp³-hybridized carbons (Fsp3) is 0.667. The van der Waals surface area contributed by atoms with Crippen LogP contribution in [0, 0.1) is 5.92 Å². The van der Waals surface area contributed by atoms with Crippen molar-refractivity contribution in [3.8, 4) is 0 Å². The van der Waals surface area contributed by atoms with Gasteiger partial charge in [0.15, 0.2) is 5.96 Å². The van der Waals surface area contributed by atoms with E-state index in [2.05, 4.69) is 24.2 Å². The van der Waals surface area contributed by atoms with Gasteiger partial charge in [0.05, 0.1) is 6.54 Å². The summed E-state index contributed by atoms with van der Waals surface area (Å²) in [6, 6.07) is 7.96. The fourth-order valence-electron chi connectivity index (χ4n) is 4.19. The first-order chi connectivity index (χ1) is 14.7. The molecule has 3 rings (SSSR count). The topological polar surface area (TPSA) is 57.2 Å². The van der Waals surface area contributed by atoms with Crippen LogP contribution in [0.4, 0.5) is 0 Å². The third-order valence-electron chi connectivity index (χ3n) is 6.17. The second-order valence-electron chi connectivity index (χ2n) is 8.49. The van der Waals surface area contributed by atoms with Crippen molar-refractivity contribution in [3.05, 3.63) is 35.4 Å². The maximum absolute atomic E-state index is 12.6. The Kier molecular flexibility index (Phi) is 11.6. The van der Waals surface area contributed by atoms with Crippen molar-refractivity contribution in [2.75, 3.05) is 46.4 Å². The second-order valence-corrected chi connectivity index (χ2v) is 8.49. The molecule has 0 aliphatic carbocycles. The molecule has 2 saturated heterocycles. The number of rotatable bonds is 7. The zero-order valence-electron chi connectivity index (χ0n) is 19.1. The average Bonchev–Trinajstić information content (AvgIpc) is 2.81. The highest BCUT2D eigenvalue weighted by Gasteiger charge is 2.18. The van der Waals surface area contributed by atoms with E-state index < -0.39 is 0 Å². The molecule has 2 heterocycles. The molecular formula is C24H39IN4O2. The predicted octanol–water partition coefficient (Wildman–Crippen LogP) is 4.14. The number of ether oxygens (including phenoxy) is 1. The van der Waals surface area contributed by atoms with Gasteiger partial charge in [-0.3, -0.25) is 4.79 Å². The Morgan fingerprint density at radius 1 is 1.16 bits per heavy atom. The number of benzene rings is 1. The summed E-state index contributed by atoms with van der Waals surface area (Å²) in [5.74, 6) is 1.86. The van der Waals surface area contributed by atoms with Crippen LogP contribution in [-0.2, 0) is 11.3 Å². The third kappa shape index (κ3) is 8.25. The molecule has 31 heavy (non-hydrogen) atoms. The van der Waals surface area contributed by atoms with Crippen molar-refractivity contribution in [2.24, 2.45) is 10.9 Å². The SMILES string of the molecule is CCNC(=NCc1ccc(C(=O)N2CCCCC2)cc1)N(C)CCC1CCOCC1.I. The quantitative estimate of drug-likeness (QED) is 0.320. The number of piperidine rings is 1. The van der Waals surface area contributed by atoms with E-state index in [1.54, 1.807) is 0 Å². The normalized spacial score (nSPS) is 17.7. The maximum Gasteiger partial charge on any atom is 0.253 e. The third-order valence-corrected chi connectivity index (χ3v) is 6.17. The van der Waals surface area contributed by atoms with Crippen molar-refractivity contribution in [1.82, 2.24) is 15.1 Å². The molecule has 0 unspecified atom stereocenters. The van der Waals surface area contributed by atoms with Crippen LogP contribution in [-0.4, -0.2) is 68.1 Å². The number of likely N-dealkylation sites (tertiary alicyclic amines) is 1. The number of carbonyl (C=O) groups is 1. The number of aliphatic imine (C=N–C) groups is 1. The lowest BCUT2D eigenvalue weighted by atomic mass is 9.96. The van der Waals surface area contributed by atoms with Crippen molar-refractivity contribution in [1.29, 1.82) is 0 Å².